The Hall–Kier alpha value is -1.36. The number of rotatable bonds is 3. The van der Waals surface area contributed by atoms with Crippen molar-refractivity contribution in [1.29, 1.82) is 0 Å². The number of anilines is 1. The van der Waals surface area contributed by atoms with Crippen LogP contribution < -0.4 is 5.32 Å². The fraction of sp³-hybridized carbons (Fsp3) is 0.182. The smallest absolute Gasteiger partial charge is 0.331 e. The molecular formula is C11H11BrFNO2. The van der Waals surface area contributed by atoms with E-state index in [-0.39, 0.29) is 5.82 Å². The lowest BCUT2D eigenvalue weighted by atomic mass is 10.2. The van der Waals surface area contributed by atoms with Crippen molar-refractivity contribution in [2.24, 2.45) is 0 Å². The normalized spacial score (nSPS) is 10.5. The number of ether oxygens (including phenoxy) is 1. The van der Waals surface area contributed by atoms with E-state index in [1.165, 1.54) is 25.5 Å². The summed E-state index contributed by atoms with van der Waals surface area (Å²) < 4.78 is 18.0. The van der Waals surface area contributed by atoms with Crippen LogP contribution in [0.1, 0.15) is 5.56 Å². The molecule has 0 amide bonds. The molecule has 0 fully saturated rings. The molecule has 0 atom stereocenters. The highest BCUT2D eigenvalue weighted by Crippen LogP contribution is 2.23. The van der Waals surface area contributed by atoms with E-state index in [9.17, 15) is 9.18 Å². The summed E-state index contributed by atoms with van der Waals surface area (Å²) in [5.74, 6) is -0.831. The zero-order valence-corrected chi connectivity index (χ0v) is 10.5. The first-order valence-electron chi connectivity index (χ1n) is 4.51. The predicted octanol–water partition coefficient (Wildman–Crippen LogP) is 3.00. The van der Waals surface area contributed by atoms with E-state index in [4.69, 9.17) is 0 Å². The summed E-state index contributed by atoms with van der Waals surface area (Å²) in [5, 5.41) is 2.80. The van der Waals surface area contributed by atoms with Crippen molar-refractivity contribution in [3.05, 3.63) is 40.3 Å². The largest absolute Gasteiger partial charge is 0.466 e. The highest BCUT2D eigenvalue weighted by molar-refractivity contribution is 9.10. The second-order valence-corrected chi connectivity index (χ2v) is 3.94. The number of nitrogens with one attached hydrogen (secondary N) is 1. The predicted molar refractivity (Wildman–Crippen MR) is 63.6 cm³/mol. The molecule has 1 N–H and O–H groups in total. The van der Waals surface area contributed by atoms with Gasteiger partial charge in [-0.2, -0.15) is 0 Å². The molecule has 3 nitrogen and oxygen atoms in total. The van der Waals surface area contributed by atoms with E-state index in [2.05, 4.69) is 26.0 Å². The van der Waals surface area contributed by atoms with E-state index in [1.807, 2.05) is 6.92 Å². The Balaban J connectivity index is 2.78. The van der Waals surface area contributed by atoms with E-state index in [0.29, 0.717) is 10.2 Å². The first kappa shape index (κ1) is 12.7. The Morgan fingerprint density at radius 2 is 2.25 bits per heavy atom. The van der Waals surface area contributed by atoms with Gasteiger partial charge in [-0.15, -0.1) is 0 Å². The van der Waals surface area contributed by atoms with Gasteiger partial charge in [0.1, 0.15) is 5.82 Å². The third-order valence-electron chi connectivity index (χ3n) is 1.93. The van der Waals surface area contributed by atoms with Gasteiger partial charge in [-0.05, 0) is 40.5 Å². The van der Waals surface area contributed by atoms with Crippen LogP contribution in [0.2, 0.25) is 0 Å². The van der Waals surface area contributed by atoms with Crippen LogP contribution in [0, 0.1) is 12.7 Å². The zero-order chi connectivity index (χ0) is 12.1. The number of benzene rings is 1. The molecule has 0 saturated carbocycles. The number of halogens is 2. The number of esters is 1. The average Bonchev–Trinajstić information content (AvgIpc) is 2.25. The zero-order valence-electron chi connectivity index (χ0n) is 8.88. The summed E-state index contributed by atoms with van der Waals surface area (Å²) >= 11 is 3.09. The first-order chi connectivity index (χ1) is 7.54. The minimum Gasteiger partial charge on any atom is -0.466 e. The van der Waals surface area contributed by atoms with Crippen LogP contribution in [0.4, 0.5) is 10.1 Å². The standard InChI is InChI=1S/C11H11BrFNO2/c1-7-5-8(12)9(13)6-10(7)14-4-3-11(15)16-2/h3-6,14H,1-2H3/b4-3+. The molecule has 0 spiro atoms. The van der Waals surface area contributed by atoms with E-state index < -0.39 is 5.97 Å². The average molecular weight is 288 g/mol. The summed E-state index contributed by atoms with van der Waals surface area (Å²) in [6.07, 6.45) is 2.63. The summed E-state index contributed by atoms with van der Waals surface area (Å²) in [4.78, 5) is 10.8. The molecule has 0 aliphatic rings. The first-order valence-corrected chi connectivity index (χ1v) is 5.30. The van der Waals surface area contributed by atoms with Crippen LogP contribution in [0.3, 0.4) is 0 Å². The van der Waals surface area contributed by atoms with Crippen LogP contribution in [0.25, 0.3) is 0 Å². The molecule has 0 aliphatic carbocycles. The van der Waals surface area contributed by atoms with Gasteiger partial charge in [0.15, 0.2) is 0 Å². The molecular weight excluding hydrogens is 277 g/mol. The Morgan fingerprint density at radius 3 is 2.88 bits per heavy atom. The second-order valence-electron chi connectivity index (χ2n) is 3.08. The molecule has 0 bridgehead atoms. The van der Waals surface area contributed by atoms with E-state index >= 15 is 0 Å². The van der Waals surface area contributed by atoms with Crippen molar-refractivity contribution in [3.8, 4) is 0 Å². The van der Waals surface area contributed by atoms with Crippen molar-refractivity contribution in [1.82, 2.24) is 0 Å². The molecule has 0 saturated heterocycles. The number of carbonyl (C=O) groups is 1. The minimum atomic E-state index is -0.470. The Bertz CT molecular complexity index is 432. The molecule has 0 aromatic heterocycles. The van der Waals surface area contributed by atoms with Gasteiger partial charge in [-0.1, -0.05) is 0 Å². The van der Waals surface area contributed by atoms with E-state index in [1.54, 1.807) is 6.07 Å². The van der Waals surface area contributed by atoms with Crippen LogP contribution in [0.15, 0.2) is 28.9 Å². The minimum absolute atomic E-state index is 0.362. The van der Waals surface area contributed by atoms with Gasteiger partial charge in [0.2, 0.25) is 0 Å². The monoisotopic (exact) mass is 287 g/mol. The highest BCUT2D eigenvalue weighted by Gasteiger charge is 2.03. The Morgan fingerprint density at radius 1 is 1.56 bits per heavy atom. The van der Waals surface area contributed by atoms with Crippen molar-refractivity contribution >= 4 is 27.6 Å². The number of hydrogen-bond donors (Lipinski definition) is 1. The lowest BCUT2D eigenvalue weighted by Crippen LogP contribution is -1.98. The van der Waals surface area contributed by atoms with Crippen molar-refractivity contribution in [3.63, 3.8) is 0 Å². The lowest BCUT2D eigenvalue weighted by Gasteiger charge is -2.06. The summed E-state index contributed by atoms with van der Waals surface area (Å²) in [6, 6.07) is 3.00. The molecule has 0 aliphatic heterocycles. The van der Waals surface area contributed by atoms with Gasteiger partial charge in [-0.3, -0.25) is 0 Å². The van der Waals surface area contributed by atoms with Crippen LogP contribution in [-0.4, -0.2) is 13.1 Å². The van der Waals surface area contributed by atoms with Crippen molar-refractivity contribution in [2.75, 3.05) is 12.4 Å². The highest BCUT2D eigenvalue weighted by atomic mass is 79.9. The van der Waals surface area contributed by atoms with Crippen molar-refractivity contribution in [2.45, 2.75) is 6.92 Å². The topological polar surface area (TPSA) is 38.3 Å². The van der Waals surface area contributed by atoms with Gasteiger partial charge < -0.3 is 10.1 Å². The third-order valence-corrected chi connectivity index (χ3v) is 2.53. The second kappa shape index (κ2) is 5.65. The summed E-state index contributed by atoms with van der Waals surface area (Å²) in [7, 11) is 1.29. The number of methoxy groups -OCH3 is 1. The van der Waals surface area contributed by atoms with Crippen molar-refractivity contribution < 1.29 is 13.9 Å². The quantitative estimate of drug-likeness (QED) is 0.686. The molecule has 0 radical (unpaired) electrons. The fourth-order valence-corrected chi connectivity index (χ4v) is 1.53. The number of hydrogen-bond acceptors (Lipinski definition) is 3. The maximum Gasteiger partial charge on any atom is 0.331 e. The van der Waals surface area contributed by atoms with Gasteiger partial charge in [0, 0.05) is 18.0 Å². The molecule has 1 rings (SSSR count). The summed E-state index contributed by atoms with van der Waals surface area (Å²) in [6.45, 7) is 1.83. The maximum atomic E-state index is 13.2. The molecule has 0 heterocycles. The van der Waals surface area contributed by atoms with Crippen LogP contribution in [0.5, 0.6) is 0 Å². The van der Waals surface area contributed by atoms with Gasteiger partial charge in [0.25, 0.3) is 0 Å². The van der Waals surface area contributed by atoms with Crippen LogP contribution in [-0.2, 0) is 9.53 Å². The fourth-order valence-electron chi connectivity index (χ4n) is 1.07. The Labute approximate surface area is 101 Å². The SMILES string of the molecule is COC(=O)/C=C/Nc1cc(F)c(Br)cc1C. The third kappa shape index (κ3) is 3.34. The van der Waals surface area contributed by atoms with E-state index in [0.717, 1.165) is 5.56 Å². The van der Waals surface area contributed by atoms with Crippen LogP contribution >= 0.6 is 15.9 Å². The molecule has 5 heteroatoms. The summed E-state index contributed by atoms with van der Waals surface area (Å²) in [5.41, 5.74) is 1.46. The van der Waals surface area contributed by atoms with Gasteiger partial charge >= 0.3 is 5.97 Å². The molecule has 1 aromatic carbocycles. The maximum absolute atomic E-state index is 13.2. The van der Waals surface area contributed by atoms with Gasteiger partial charge in [0.05, 0.1) is 11.6 Å². The van der Waals surface area contributed by atoms with Gasteiger partial charge in [-0.25, -0.2) is 9.18 Å². The molecule has 0 unspecified atom stereocenters. The molecule has 86 valence electrons. The number of aryl methyl sites for hydroxylation is 1. The Kier molecular flexibility index (Phi) is 4.49. The lowest BCUT2D eigenvalue weighted by molar-refractivity contribution is -0.134. The number of carbonyl (C=O) groups excluding carboxylic acids is 1. The molecule has 1 aromatic rings. The molecule has 16 heavy (non-hydrogen) atoms.